The van der Waals surface area contributed by atoms with Gasteiger partial charge in [-0.05, 0) is 23.8 Å². The van der Waals surface area contributed by atoms with Crippen LogP contribution in [0.25, 0.3) is 6.08 Å². The van der Waals surface area contributed by atoms with Gasteiger partial charge in [0.25, 0.3) is 0 Å². The molecule has 1 aromatic carbocycles. The largest absolute Gasteiger partial charge is 0.356 e. The summed E-state index contributed by atoms with van der Waals surface area (Å²) in [5.74, 6) is -0.116. The maximum Gasteiger partial charge on any atom is 0.243 e. The van der Waals surface area contributed by atoms with Gasteiger partial charge in [0, 0.05) is 18.1 Å². The summed E-state index contributed by atoms with van der Waals surface area (Å²) in [5.41, 5.74) is 0.952. The predicted octanol–water partition coefficient (Wildman–Crippen LogP) is 2.10. The lowest BCUT2D eigenvalue weighted by atomic mass is 10.2. The number of likely N-dealkylation sites (N-methyl/N-ethyl adjacent to an activating group) is 1. The second-order valence-corrected chi connectivity index (χ2v) is 2.94. The highest BCUT2D eigenvalue weighted by Crippen LogP contribution is 2.10. The smallest absolute Gasteiger partial charge is 0.243 e. The van der Waals surface area contributed by atoms with E-state index in [0.29, 0.717) is 5.02 Å². The molecule has 0 saturated heterocycles. The van der Waals surface area contributed by atoms with Gasteiger partial charge >= 0.3 is 0 Å². The summed E-state index contributed by atoms with van der Waals surface area (Å²) < 4.78 is 0. The molecule has 0 fully saturated rings. The molecule has 1 rings (SSSR count). The quantitative estimate of drug-likeness (QED) is 0.720. The van der Waals surface area contributed by atoms with Crippen molar-refractivity contribution in [3.63, 3.8) is 0 Å². The molecule has 0 atom stereocenters. The number of nitrogens with one attached hydrogen (secondary N) is 1. The lowest BCUT2D eigenvalue weighted by Crippen LogP contribution is -2.13. The second-order valence-electron chi connectivity index (χ2n) is 2.50. The Morgan fingerprint density at radius 3 is 2.54 bits per heavy atom. The monoisotopic (exact) mass is 195 g/mol. The van der Waals surface area contributed by atoms with Crippen LogP contribution in [0.5, 0.6) is 0 Å². The van der Waals surface area contributed by atoms with Crippen LogP contribution < -0.4 is 5.32 Å². The Morgan fingerprint density at radius 2 is 2.00 bits per heavy atom. The zero-order valence-electron chi connectivity index (χ0n) is 7.25. The SMILES string of the molecule is CNC(=O)C=Cc1ccc(Cl)cc1. The average Bonchev–Trinajstić information content (AvgIpc) is 2.16. The van der Waals surface area contributed by atoms with Crippen LogP contribution >= 0.6 is 11.6 Å². The molecule has 1 N–H and O–H groups in total. The molecule has 0 saturated carbocycles. The van der Waals surface area contributed by atoms with Crippen LogP contribution in [0.3, 0.4) is 0 Å². The molecule has 0 radical (unpaired) electrons. The first-order valence-corrected chi connectivity index (χ1v) is 4.25. The van der Waals surface area contributed by atoms with E-state index in [-0.39, 0.29) is 5.91 Å². The third-order valence-corrected chi connectivity index (χ3v) is 1.80. The molecule has 0 unspecified atom stereocenters. The summed E-state index contributed by atoms with van der Waals surface area (Å²) in [7, 11) is 1.59. The van der Waals surface area contributed by atoms with E-state index in [2.05, 4.69) is 5.32 Å². The first-order valence-electron chi connectivity index (χ1n) is 3.88. The lowest BCUT2D eigenvalue weighted by Gasteiger charge is -1.93. The average molecular weight is 196 g/mol. The first-order chi connectivity index (χ1) is 6.22. The highest BCUT2D eigenvalue weighted by molar-refractivity contribution is 6.30. The van der Waals surface area contributed by atoms with Crippen molar-refractivity contribution in [2.24, 2.45) is 0 Å². The van der Waals surface area contributed by atoms with Crippen LogP contribution in [0.2, 0.25) is 5.02 Å². The van der Waals surface area contributed by atoms with Crippen LogP contribution in [0.4, 0.5) is 0 Å². The van der Waals surface area contributed by atoms with E-state index in [0.717, 1.165) is 5.56 Å². The van der Waals surface area contributed by atoms with Crippen LogP contribution in [0, 0.1) is 0 Å². The van der Waals surface area contributed by atoms with E-state index in [4.69, 9.17) is 11.6 Å². The standard InChI is InChI=1S/C10H10ClNO/c1-12-10(13)7-4-8-2-5-9(11)6-3-8/h2-7H,1H3,(H,12,13). The zero-order valence-corrected chi connectivity index (χ0v) is 8.01. The molecule has 0 bridgehead atoms. The van der Waals surface area contributed by atoms with Crippen molar-refractivity contribution in [3.05, 3.63) is 40.9 Å². The Kier molecular flexibility index (Phi) is 3.53. The Bertz CT molecular complexity index is 316. The van der Waals surface area contributed by atoms with Crippen molar-refractivity contribution in [1.82, 2.24) is 5.32 Å². The summed E-state index contributed by atoms with van der Waals surface area (Å²) in [5, 5.41) is 3.19. The minimum Gasteiger partial charge on any atom is -0.356 e. The fraction of sp³-hybridized carbons (Fsp3) is 0.100. The van der Waals surface area contributed by atoms with Gasteiger partial charge in [-0.2, -0.15) is 0 Å². The number of amides is 1. The Balaban J connectivity index is 2.69. The molecule has 68 valence electrons. The molecule has 0 aliphatic rings. The van der Waals surface area contributed by atoms with Crippen LogP contribution in [0.15, 0.2) is 30.3 Å². The Labute approximate surface area is 82.2 Å². The van der Waals surface area contributed by atoms with Gasteiger partial charge in [-0.25, -0.2) is 0 Å². The molecular weight excluding hydrogens is 186 g/mol. The maximum absolute atomic E-state index is 10.8. The number of carbonyl (C=O) groups is 1. The third-order valence-electron chi connectivity index (χ3n) is 1.54. The Morgan fingerprint density at radius 1 is 1.38 bits per heavy atom. The molecule has 2 nitrogen and oxygen atoms in total. The molecule has 13 heavy (non-hydrogen) atoms. The van der Waals surface area contributed by atoms with Crippen molar-refractivity contribution < 1.29 is 4.79 Å². The van der Waals surface area contributed by atoms with Gasteiger partial charge in [0.15, 0.2) is 0 Å². The van der Waals surface area contributed by atoms with Gasteiger partial charge in [0.2, 0.25) is 5.91 Å². The number of hydrogen-bond acceptors (Lipinski definition) is 1. The molecule has 1 amide bonds. The van der Waals surface area contributed by atoms with Gasteiger partial charge in [-0.15, -0.1) is 0 Å². The summed E-state index contributed by atoms with van der Waals surface area (Å²) >= 11 is 5.70. The highest BCUT2D eigenvalue weighted by atomic mass is 35.5. The number of benzene rings is 1. The van der Waals surface area contributed by atoms with E-state index in [1.807, 2.05) is 12.1 Å². The molecule has 3 heteroatoms. The molecule has 0 aliphatic carbocycles. The fourth-order valence-electron chi connectivity index (χ4n) is 0.829. The fourth-order valence-corrected chi connectivity index (χ4v) is 0.955. The van der Waals surface area contributed by atoms with Gasteiger partial charge in [0.1, 0.15) is 0 Å². The number of carbonyl (C=O) groups excluding carboxylic acids is 1. The molecule has 0 aromatic heterocycles. The molecule has 0 aliphatic heterocycles. The predicted molar refractivity (Wildman–Crippen MR) is 54.6 cm³/mol. The molecule has 1 aromatic rings. The highest BCUT2D eigenvalue weighted by Gasteiger charge is 1.90. The maximum atomic E-state index is 10.8. The normalized spacial score (nSPS) is 10.3. The minimum atomic E-state index is -0.116. The minimum absolute atomic E-state index is 0.116. The van der Waals surface area contributed by atoms with Gasteiger partial charge < -0.3 is 5.32 Å². The molecule has 0 heterocycles. The van der Waals surface area contributed by atoms with Crippen molar-refractivity contribution in [2.75, 3.05) is 7.05 Å². The van der Waals surface area contributed by atoms with E-state index in [1.54, 1.807) is 25.3 Å². The van der Waals surface area contributed by atoms with Crippen LogP contribution in [0.1, 0.15) is 5.56 Å². The van der Waals surface area contributed by atoms with Crippen molar-refractivity contribution in [3.8, 4) is 0 Å². The van der Waals surface area contributed by atoms with Crippen molar-refractivity contribution in [1.29, 1.82) is 0 Å². The lowest BCUT2D eigenvalue weighted by molar-refractivity contribution is -0.115. The van der Waals surface area contributed by atoms with E-state index >= 15 is 0 Å². The van der Waals surface area contributed by atoms with Gasteiger partial charge in [-0.1, -0.05) is 23.7 Å². The van der Waals surface area contributed by atoms with E-state index in [1.165, 1.54) is 6.08 Å². The third kappa shape index (κ3) is 3.30. The van der Waals surface area contributed by atoms with Crippen molar-refractivity contribution in [2.45, 2.75) is 0 Å². The summed E-state index contributed by atoms with van der Waals surface area (Å²) in [6.07, 6.45) is 3.21. The van der Waals surface area contributed by atoms with Crippen LogP contribution in [-0.2, 0) is 4.79 Å². The summed E-state index contributed by atoms with van der Waals surface area (Å²) in [6, 6.07) is 7.26. The Hall–Kier alpha value is -1.28. The summed E-state index contributed by atoms with van der Waals surface area (Å²) in [6.45, 7) is 0. The van der Waals surface area contributed by atoms with Gasteiger partial charge in [0.05, 0.1) is 0 Å². The van der Waals surface area contributed by atoms with Crippen molar-refractivity contribution >= 4 is 23.6 Å². The molecular formula is C10H10ClNO. The van der Waals surface area contributed by atoms with E-state index in [9.17, 15) is 4.79 Å². The van der Waals surface area contributed by atoms with Gasteiger partial charge in [-0.3, -0.25) is 4.79 Å². The summed E-state index contributed by atoms with van der Waals surface area (Å²) in [4.78, 5) is 10.8. The van der Waals surface area contributed by atoms with E-state index < -0.39 is 0 Å². The zero-order chi connectivity index (χ0) is 9.68. The number of rotatable bonds is 2. The molecule has 0 spiro atoms. The van der Waals surface area contributed by atoms with Crippen LogP contribution in [-0.4, -0.2) is 13.0 Å². The number of halogens is 1. The number of hydrogen-bond donors (Lipinski definition) is 1. The topological polar surface area (TPSA) is 29.1 Å². The second kappa shape index (κ2) is 4.67. The first kappa shape index (κ1) is 9.81.